The normalized spacial score (nSPS) is 11.7. The molecular formula is C11H10F3N3O3. The van der Waals surface area contributed by atoms with Gasteiger partial charge in [0.15, 0.2) is 23.2 Å². The van der Waals surface area contributed by atoms with Crippen LogP contribution in [0.4, 0.5) is 18.9 Å². The number of nitrogens with zero attached hydrogens (tertiary/aromatic N) is 2. The van der Waals surface area contributed by atoms with Crippen LogP contribution in [-0.4, -0.2) is 29.7 Å². The zero-order chi connectivity index (χ0) is 15.1. The van der Waals surface area contributed by atoms with Gasteiger partial charge in [0.1, 0.15) is 6.21 Å². The Hall–Kier alpha value is -2.58. The van der Waals surface area contributed by atoms with Crippen LogP contribution in [0, 0.1) is 17.5 Å². The van der Waals surface area contributed by atoms with E-state index < -0.39 is 29.1 Å². The van der Waals surface area contributed by atoms with Crippen molar-refractivity contribution in [2.45, 2.75) is 6.92 Å². The maximum atomic E-state index is 12.9. The highest BCUT2D eigenvalue weighted by molar-refractivity contribution is 6.59. The summed E-state index contributed by atoms with van der Waals surface area (Å²) >= 11 is 0. The number of oxime groups is 1. The molecule has 0 spiro atoms. The topological polar surface area (TPSA) is 83.3 Å². The molecule has 1 aromatic carbocycles. The second kappa shape index (κ2) is 7.12. The number of ether oxygens (including phenoxy) is 1. The summed E-state index contributed by atoms with van der Waals surface area (Å²) in [5.74, 6) is -5.38. The molecular weight excluding hydrogens is 279 g/mol. The van der Waals surface area contributed by atoms with Gasteiger partial charge in [-0.3, -0.25) is 5.43 Å². The molecule has 1 aromatic rings. The van der Waals surface area contributed by atoms with Crippen molar-refractivity contribution in [3.05, 3.63) is 29.6 Å². The molecule has 9 heteroatoms. The Kier molecular flexibility index (Phi) is 5.51. The fraction of sp³-hybridized carbons (Fsp3) is 0.182. The van der Waals surface area contributed by atoms with Gasteiger partial charge in [0.25, 0.3) is 0 Å². The average Bonchev–Trinajstić information content (AvgIpc) is 2.40. The maximum Gasteiger partial charge on any atom is 0.360 e. The molecule has 0 amide bonds. The van der Waals surface area contributed by atoms with Gasteiger partial charge in [0.05, 0.1) is 12.3 Å². The van der Waals surface area contributed by atoms with E-state index in [0.29, 0.717) is 18.3 Å². The van der Waals surface area contributed by atoms with Gasteiger partial charge >= 0.3 is 5.97 Å². The standard InChI is InChI=1S/C11H10F3N3O3/c1-2-20-11(18)9(5-15-19)17-16-6-3-7(12)10(14)8(13)4-6/h3-5,16,19H,2H2,1H3/b15-5+,17-9+. The van der Waals surface area contributed by atoms with Crippen LogP contribution in [0.25, 0.3) is 0 Å². The lowest BCUT2D eigenvalue weighted by Gasteiger charge is -2.04. The van der Waals surface area contributed by atoms with E-state index >= 15 is 0 Å². The minimum Gasteiger partial charge on any atom is -0.461 e. The molecule has 0 aromatic heterocycles. The Balaban J connectivity index is 2.95. The minimum atomic E-state index is -1.62. The van der Waals surface area contributed by atoms with Gasteiger partial charge in [-0.2, -0.15) is 5.10 Å². The third-order valence-corrected chi connectivity index (χ3v) is 1.95. The Morgan fingerprint density at radius 2 is 2.00 bits per heavy atom. The minimum absolute atomic E-state index is 0.0525. The SMILES string of the molecule is CCOC(=O)C(/C=N/O)=N/Nc1cc(F)c(F)c(F)c1. The van der Waals surface area contributed by atoms with E-state index in [1.165, 1.54) is 0 Å². The van der Waals surface area contributed by atoms with Crippen LogP contribution in [0.2, 0.25) is 0 Å². The predicted molar refractivity (Wildman–Crippen MR) is 64.3 cm³/mol. The fourth-order valence-electron chi connectivity index (χ4n) is 1.13. The van der Waals surface area contributed by atoms with Crippen molar-refractivity contribution in [2.24, 2.45) is 10.3 Å². The lowest BCUT2D eigenvalue weighted by Crippen LogP contribution is -2.20. The highest BCUT2D eigenvalue weighted by Crippen LogP contribution is 2.17. The highest BCUT2D eigenvalue weighted by Gasteiger charge is 2.13. The summed E-state index contributed by atoms with van der Waals surface area (Å²) in [4.78, 5) is 11.3. The summed E-state index contributed by atoms with van der Waals surface area (Å²) < 4.78 is 43.2. The quantitative estimate of drug-likeness (QED) is 0.285. The number of halogens is 3. The fourth-order valence-corrected chi connectivity index (χ4v) is 1.13. The second-order valence-electron chi connectivity index (χ2n) is 3.33. The first-order valence-electron chi connectivity index (χ1n) is 5.32. The Labute approximate surface area is 111 Å². The third kappa shape index (κ3) is 3.97. The molecule has 0 aliphatic heterocycles. The number of anilines is 1. The van der Waals surface area contributed by atoms with Crippen LogP contribution in [0.15, 0.2) is 22.4 Å². The Bertz CT molecular complexity index is 538. The van der Waals surface area contributed by atoms with E-state index in [1.54, 1.807) is 6.92 Å². The Morgan fingerprint density at radius 1 is 1.40 bits per heavy atom. The zero-order valence-electron chi connectivity index (χ0n) is 10.2. The molecule has 20 heavy (non-hydrogen) atoms. The number of nitrogens with one attached hydrogen (secondary N) is 1. The number of hydrazone groups is 1. The number of hydrogen-bond acceptors (Lipinski definition) is 6. The van der Waals surface area contributed by atoms with E-state index in [-0.39, 0.29) is 12.3 Å². The number of esters is 1. The monoisotopic (exact) mass is 289 g/mol. The number of carbonyl (C=O) groups excluding carboxylic acids is 1. The third-order valence-electron chi connectivity index (χ3n) is 1.95. The molecule has 0 radical (unpaired) electrons. The molecule has 0 fully saturated rings. The van der Waals surface area contributed by atoms with Gasteiger partial charge < -0.3 is 9.94 Å². The molecule has 0 aliphatic rings. The van der Waals surface area contributed by atoms with Crippen molar-refractivity contribution in [3.63, 3.8) is 0 Å². The number of hydrogen-bond donors (Lipinski definition) is 2. The van der Waals surface area contributed by atoms with Crippen molar-refractivity contribution in [1.29, 1.82) is 0 Å². The van der Waals surface area contributed by atoms with Crippen molar-refractivity contribution < 1.29 is 27.9 Å². The Morgan fingerprint density at radius 3 is 2.50 bits per heavy atom. The van der Waals surface area contributed by atoms with Crippen LogP contribution in [-0.2, 0) is 9.53 Å². The van der Waals surface area contributed by atoms with E-state index in [2.05, 4.69) is 20.4 Å². The molecule has 0 heterocycles. The molecule has 0 unspecified atom stereocenters. The molecule has 2 N–H and O–H groups in total. The van der Waals surface area contributed by atoms with Crippen LogP contribution in [0.5, 0.6) is 0 Å². The number of benzene rings is 1. The summed E-state index contributed by atoms with van der Waals surface area (Å²) in [6.45, 7) is 1.60. The average molecular weight is 289 g/mol. The summed E-state index contributed by atoms with van der Waals surface area (Å²) in [5.41, 5.74) is 1.43. The molecule has 0 saturated heterocycles. The first kappa shape index (κ1) is 15.5. The van der Waals surface area contributed by atoms with E-state index in [1.807, 2.05) is 0 Å². The smallest absolute Gasteiger partial charge is 0.360 e. The van der Waals surface area contributed by atoms with Crippen molar-refractivity contribution >= 4 is 23.6 Å². The van der Waals surface area contributed by atoms with Gasteiger partial charge in [0, 0.05) is 12.1 Å². The summed E-state index contributed by atoms with van der Waals surface area (Å²) in [6, 6.07) is 1.28. The molecule has 0 saturated carbocycles. The summed E-state index contributed by atoms with van der Waals surface area (Å²) in [7, 11) is 0. The van der Waals surface area contributed by atoms with Crippen LogP contribution >= 0.6 is 0 Å². The molecule has 0 aliphatic carbocycles. The van der Waals surface area contributed by atoms with Gasteiger partial charge in [-0.1, -0.05) is 5.16 Å². The van der Waals surface area contributed by atoms with Crippen molar-refractivity contribution in [2.75, 3.05) is 12.0 Å². The predicted octanol–water partition coefficient (Wildman–Crippen LogP) is 1.89. The lowest BCUT2D eigenvalue weighted by atomic mass is 10.3. The number of rotatable bonds is 5. The molecule has 0 atom stereocenters. The molecule has 0 bridgehead atoms. The van der Waals surface area contributed by atoms with Crippen LogP contribution in [0.3, 0.4) is 0 Å². The van der Waals surface area contributed by atoms with E-state index in [9.17, 15) is 18.0 Å². The highest BCUT2D eigenvalue weighted by atomic mass is 19.2. The van der Waals surface area contributed by atoms with Crippen LogP contribution < -0.4 is 5.43 Å². The van der Waals surface area contributed by atoms with Gasteiger partial charge in [0.2, 0.25) is 0 Å². The molecule has 6 nitrogen and oxygen atoms in total. The molecule has 1 rings (SSSR count). The largest absolute Gasteiger partial charge is 0.461 e. The summed E-state index contributed by atoms with van der Waals surface area (Å²) in [5, 5.41) is 14.4. The maximum absolute atomic E-state index is 12.9. The van der Waals surface area contributed by atoms with E-state index in [0.717, 1.165) is 0 Å². The van der Waals surface area contributed by atoms with E-state index in [4.69, 9.17) is 5.21 Å². The summed E-state index contributed by atoms with van der Waals surface area (Å²) in [6.07, 6.45) is 0.668. The zero-order valence-corrected chi connectivity index (χ0v) is 10.2. The van der Waals surface area contributed by atoms with Gasteiger partial charge in [-0.25, -0.2) is 18.0 Å². The van der Waals surface area contributed by atoms with Crippen molar-refractivity contribution in [3.8, 4) is 0 Å². The van der Waals surface area contributed by atoms with Crippen molar-refractivity contribution in [1.82, 2.24) is 0 Å². The second-order valence-corrected chi connectivity index (χ2v) is 3.33. The van der Waals surface area contributed by atoms with Crippen LogP contribution in [0.1, 0.15) is 6.92 Å². The first-order valence-corrected chi connectivity index (χ1v) is 5.32. The lowest BCUT2D eigenvalue weighted by molar-refractivity contribution is -0.134. The van der Waals surface area contributed by atoms with Gasteiger partial charge in [-0.15, -0.1) is 0 Å². The van der Waals surface area contributed by atoms with Gasteiger partial charge in [-0.05, 0) is 6.92 Å². The number of carbonyl (C=O) groups is 1. The first-order chi connectivity index (χ1) is 9.49. The molecule has 108 valence electrons.